The quantitative estimate of drug-likeness (QED) is 0.348. The number of anilines is 1. The maximum Gasteiger partial charge on any atom is 0.123 e. The highest BCUT2D eigenvalue weighted by Crippen LogP contribution is 2.35. The minimum atomic E-state index is 0.0233. The Kier molecular flexibility index (Phi) is 8.07. The lowest BCUT2D eigenvalue weighted by atomic mass is 9.80. The highest BCUT2D eigenvalue weighted by atomic mass is 16.5. The fourth-order valence-electron chi connectivity index (χ4n) is 3.69. The van der Waals surface area contributed by atoms with Gasteiger partial charge in [0.05, 0.1) is 6.61 Å². The Morgan fingerprint density at radius 1 is 0.697 bits per heavy atom. The van der Waals surface area contributed by atoms with Crippen LogP contribution in [0.1, 0.15) is 58.2 Å². The summed E-state index contributed by atoms with van der Waals surface area (Å²) in [5, 5.41) is 3.45. The number of hydrogen-bond donors (Lipinski definition) is 1. The molecule has 0 bridgehead atoms. The fourth-order valence-corrected chi connectivity index (χ4v) is 3.69. The molecule has 33 heavy (non-hydrogen) atoms. The zero-order valence-electron chi connectivity index (χ0n) is 21.1. The average molecular weight is 446 g/mol. The number of hydrogen-bond acceptors (Lipinski definition) is 3. The molecular weight excluding hydrogens is 406 g/mol. The monoisotopic (exact) mass is 445 g/mol. The van der Waals surface area contributed by atoms with Crippen LogP contribution in [0, 0.1) is 0 Å². The SMILES string of the molecule is CC(C)(C)c1ccc(OCCNc2cccc(OCCc3ccccc3)c2)c(C(C)(C)C)c1. The Balaban J connectivity index is 1.52. The van der Waals surface area contributed by atoms with Crippen LogP contribution in [0.5, 0.6) is 11.5 Å². The van der Waals surface area contributed by atoms with E-state index in [0.717, 1.165) is 30.2 Å². The number of benzene rings is 3. The summed E-state index contributed by atoms with van der Waals surface area (Å²) in [6.07, 6.45) is 0.899. The van der Waals surface area contributed by atoms with Crippen molar-refractivity contribution < 1.29 is 9.47 Å². The molecule has 0 aliphatic carbocycles. The summed E-state index contributed by atoms with van der Waals surface area (Å²) in [6, 6.07) is 25.2. The lowest BCUT2D eigenvalue weighted by Gasteiger charge is -2.27. The van der Waals surface area contributed by atoms with Crippen LogP contribution in [0.3, 0.4) is 0 Å². The summed E-state index contributed by atoms with van der Waals surface area (Å²) < 4.78 is 12.2. The van der Waals surface area contributed by atoms with E-state index >= 15 is 0 Å². The molecule has 0 amide bonds. The van der Waals surface area contributed by atoms with Crippen LogP contribution in [0.15, 0.2) is 72.8 Å². The molecule has 3 heteroatoms. The minimum Gasteiger partial charge on any atom is -0.493 e. The summed E-state index contributed by atoms with van der Waals surface area (Å²) >= 11 is 0. The maximum atomic E-state index is 6.20. The molecule has 3 aromatic rings. The van der Waals surface area contributed by atoms with Crippen LogP contribution in [0.2, 0.25) is 0 Å². The molecule has 0 fully saturated rings. The second-order valence-electron chi connectivity index (χ2n) is 10.6. The van der Waals surface area contributed by atoms with Gasteiger partial charge in [-0.2, -0.15) is 0 Å². The van der Waals surface area contributed by atoms with Crippen molar-refractivity contribution in [1.82, 2.24) is 0 Å². The van der Waals surface area contributed by atoms with Gasteiger partial charge in [0, 0.05) is 24.7 Å². The van der Waals surface area contributed by atoms with Crippen LogP contribution >= 0.6 is 0 Å². The molecule has 0 aromatic heterocycles. The molecule has 0 radical (unpaired) electrons. The fraction of sp³-hybridized carbons (Fsp3) is 0.400. The third-order valence-corrected chi connectivity index (χ3v) is 5.68. The highest BCUT2D eigenvalue weighted by molar-refractivity contribution is 5.48. The first-order valence-corrected chi connectivity index (χ1v) is 11.9. The van der Waals surface area contributed by atoms with Crippen molar-refractivity contribution in [3.05, 3.63) is 89.5 Å². The largest absolute Gasteiger partial charge is 0.493 e. The third-order valence-electron chi connectivity index (χ3n) is 5.68. The molecule has 3 aromatic carbocycles. The van der Waals surface area contributed by atoms with E-state index in [1.807, 2.05) is 24.3 Å². The van der Waals surface area contributed by atoms with Gasteiger partial charge in [-0.3, -0.25) is 0 Å². The Bertz CT molecular complexity index is 1010. The second kappa shape index (κ2) is 10.8. The Labute approximate surface area is 200 Å². The van der Waals surface area contributed by atoms with Crippen LogP contribution in [0.4, 0.5) is 5.69 Å². The van der Waals surface area contributed by atoms with Gasteiger partial charge in [0.25, 0.3) is 0 Å². The van der Waals surface area contributed by atoms with E-state index in [9.17, 15) is 0 Å². The molecular formula is C30H39NO2. The lowest BCUT2D eigenvalue weighted by molar-refractivity contribution is 0.320. The molecule has 3 rings (SSSR count). The smallest absolute Gasteiger partial charge is 0.123 e. The molecule has 3 nitrogen and oxygen atoms in total. The Morgan fingerprint density at radius 3 is 2.15 bits per heavy atom. The summed E-state index contributed by atoms with van der Waals surface area (Å²) in [5.74, 6) is 1.85. The highest BCUT2D eigenvalue weighted by Gasteiger charge is 2.23. The van der Waals surface area contributed by atoms with Gasteiger partial charge >= 0.3 is 0 Å². The van der Waals surface area contributed by atoms with Gasteiger partial charge in [-0.1, -0.05) is 90.1 Å². The lowest BCUT2D eigenvalue weighted by Crippen LogP contribution is -2.19. The summed E-state index contributed by atoms with van der Waals surface area (Å²) in [4.78, 5) is 0. The van der Waals surface area contributed by atoms with Gasteiger partial charge in [0.1, 0.15) is 18.1 Å². The van der Waals surface area contributed by atoms with Crippen LogP contribution < -0.4 is 14.8 Å². The van der Waals surface area contributed by atoms with Crippen LogP contribution in [-0.4, -0.2) is 19.8 Å². The first-order valence-electron chi connectivity index (χ1n) is 11.9. The molecule has 0 saturated heterocycles. The first kappa shape index (κ1) is 24.7. The van der Waals surface area contributed by atoms with Gasteiger partial charge in [-0.15, -0.1) is 0 Å². The number of rotatable bonds is 9. The van der Waals surface area contributed by atoms with Crippen molar-refractivity contribution in [2.24, 2.45) is 0 Å². The van der Waals surface area contributed by atoms with Gasteiger partial charge in [0.15, 0.2) is 0 Å². The van der Waals surface area contributed by atoms with E-state index in [4.69, 9.17) is 9.47 Å². The Morgan fingerprint density at radius 2 is 1.45 bits per heavy atom. The van der Waals surface area contributed by atoms with E-state index in [2.05, 4.69) is 95.4 Å². The van der Waals surface area contributed by atoms with E-state index in [0.29, 0.717) is 13.2 Å². The van der Waals surface area contributed by atoms with Crippen molar-refractivity contribution in [2.45, 2.75) is 58.8 Å². The zero-order chi connectivity index (χ0) is 23.9. The van der Waals surface area contributed by atoms with Crippen molar-refractivity contribution in [2.75, 3.05) is 25.1 Å². The van der Waals surface area contributed by atoms with Crippen LogP contribution in [0.25, 0.3) is 0 Å². The predicted molar refractivity (Wildman–Crippen MR) is 140 cm³/mol. The molecule has 0 aliphatic heterocycles. The molecule has 1 N–H and O–H groups in total. The van der Waals surface area contributed by atoms with Gasteiger partial charge < -0.3 is 14.8 Å². The van der Waals surface area contributed by atoms with E-state index in [1.54, 1.807) is 0 Å². The standard InChI is InChI=1S/C30H39NO2/c1-29(2,3)24-15-16-28(27(21-24)30(4,5)6)33-20-18-31-25-13-10-14-26(22-25)32-19-17-23-11-8-7-9-12-23/h7-16,21-22,31H,17-20H2,1-6H3. The van der Waals surface area contributed by atoms with E-state index in [-0.39, 0.29) is 10.8 Å². The molecule has 0 spiro atoms. The van der Waals surface area contributed by atoms with Gasteiger partial charge in [0.2, 0.25) is 0 Å². The van der Waals surface area contributed by atoms with Crippen molar-refractivity contribution in [1.29, 1.82) is 0 Å². The summed E-state index contributed by atoms with van der Waals surface area (Å²) in [6.45, 7) is 15.4. The zero-order valence-corrected chi connectivity index (χ0v) is 21.1. The third kappa shape index (κ3) is 7.56. The Hall–Kier alpha value is -2.94. The maximum absolute atomic E-state index is 6.20. The van der Waals surface area contributed by atoms with Crippen molar-refractivity contribution in [3.63, 3.8) is 0 Å². The van der Waals surface area contributed by atoms with E-state index < -0.39 is 0 Å². The minimum absolute atomic E-state index is 0.0233. The summed E-state index contributed by atoms with van der Waals surface area (Å²) in [7, 11) is 0. The molecule has 0 heterocycles. The second-order valence-corrected chi connectivity index (χ2v) is 10.6. The van der Waals surface area contributed by atoms with Crippen LogP contribution in [-0.2, 0) is 17.3 Å². The number of nitrogens with one attached hydrogen (secondary N) is 1. The topological polar surface area (TPSA) is 30.5 Å². The van der Waals surface area contributed by atoms with E-state index in [1.165, 1.54) is 16.7 Å². The van der Waals surface area contributed by atoms with Crippen molar-refractivity contribution >= 4 is 5.69 Å². The molecule has 176 valence electrons. The predicted octanol–water partition coefficient (Wildman–Crippen LogP) is 7.39. The molecule has 0 aliphatic rings. The van der Waals surface area contributed by atoms with Crippen molar-refractivity contribution in [3.8, 4) is 11.5 Å². The average Bonchev–Trinajstić information content (AvgIpc) is 2.76. The molecule has 0 atom stereocenters. The molecule has 0 unspecified atom stereocenters. The molecule has 0 saturated carbocycles. The number of ether oxygens (including phenoxy) is 2. The first-order chi connectivity index (χ1) is 15.6. The normalized spacial score (nSPS) is 11.8. The van der Waals surface area contributed by atoms with Gasteiger partial charge in [-0.25, -0.2) is 0 Å². The van der Waals surface area contributed by atoms with Gasteiger partial charge in [-0.05, 0) is 45.7 Å². The summed E-state index contributed by atoms with van der Waals surface area (Å²) in [5.41, 5.74) is 5.05.